The predicted molar refractivity (Wildman–Crippen MR) is 95.6 cm³/mol. The van der Waals surface area contributed by atoms with Crippen LogP contribution in [0.1, 0.15) is 22.8 Å². The molecule has 2 rings (SSSR count). The van der Waals surface area contributed by atoms with Crippen LogP contribution in [0.5, 0.6) is 5.75 Å². The SMILES string of the molecule is CC(=O)OCCOC(Oc1ccccc1CC(=O)O)C(=O)c1ccccc1. The summed E-state index contributed by atoms with van der Waals surface area (Å²) < 4.78 is 16.0. The molecule has 0 bridgehead atoms. The lowest BCUT2D eigenvalue weighted by molar-refractivity contribution is -0.144. The van der Waals surface area contributed by atoms with E-state index in [9.17, 15) is 14.4 Å². The van der Waals surface area contributed by atoms with Crippen molar-refractivity contribution in [2.75, 3.05) is 13.2 Å². The topological polar surface area (TPSA) is 99.1 Å². The largest absolute Gasteiger partial charge is 0.481 e. The van der Waals surface area contributed by atoms with Gasteiger partial charge < -0.3 is 19.3 Å². The quantitative estimate of drug-likeness (QED) is 0.296. The molecule has 27 heavy (non-hydrogen) atoms. The Labute approximate surface area is 156 Å². The summed E-state index contributed by atoms with van der Waals surface area (Å²) in [5.74, 6) is -1.67. The summed E-state index contributed by atoms with van der Waals surface area (Å²) in [5.41, 5.74) is 0.796. The number of para-hydroxylation sites is 1. The van der Waals surface area contributed by atoms with Crippen LogP contribution in [0.3, 0.4) is 0 Å². The summed E-state index contributed by atoms with van der Waals surface area (Å²) in [6.45, 7) is 1.18. The summed E-state index contributed by atoms with van der Waals surface area (Å²) in [5, 5.41) is 9.04. The molecule has 0 aromatic heterocycles. The van der Waals surface area contributed by atoms with Gasteiger partial charge in [0.15, 0.2) is 0 Å². The molecule has 0 aliphatic rings. The third-order valence-electron chi connectivity index (χ3n) is 3.48. The first kappa shape index (κ1) is 20.1. The summed E-state index contributed by atoms with van der Waals surface area (Å²) in [7, 11) is 0. The van der Waals surface area contributed by atoms with Crippen LogP contribution in [0.15, 0.2) is 54.6 Å². The first-order valence-electron chi connectivity index (χ1n) is 8.28. The predicted octanol–water partition coefficient (Wildman–Crippen LogP) is 2.48. The fourth-order valence-electron chi connectivity index (χ4n) is 2.29. The molecule has 0 aliphatic carbocycles. The zero-order chi connectivity index (χ0) is 19.6. The van der Waals surface area contributed by atoms with Crippen molar-refractivity contribution in [2.24, 2.45) is 0 Å². The molecule has 0 saturated heterocycles. The molecule has 0 amide bonds. The van der Waals surface area contributed by atoms with Gasteiger partial charge in [-0.3, -0.25) is 14.4 Å². The summed E-state index contributed by atoms with van der Waals surface area (Å²) in [6, 6.07) is 15.0. The minimum absolute atomic E-state index is 0.0337. The average Bonchev–Trinajstić information content (AvgIpc) is 2.65. The fourth-order valence-corrected chi connectivity index (χ4v) is 2.29. The molecule has 0 saturated carbocycles. The highest BCUT2D eigenvalue weighted by Gasteiger charge is 2.24. The smallest absolute Gasteiger partial charge is 0.307 e. The molecule has 142 valence electrons. The van der Waals surface area contributed by atoms with Crippen LogP contribution in [-0.4, -0.2) is 42.3 Å². The Morgan fingerprint density at radius 1 is 0.963 bits per heavy atom. The Balaban J connectivity index is 2.18. The van der Waals surface area contributed by atoms with E-state index >= 15 is 0 Å². The van der Waals surface area contributed by atoms with Gasteiger partial charge in [0.2, 0.25) is 5.78 Å². The van der Waals surface area contributed by atoms with E-state index in [1.165, 1.54) is 6.92 Å². The molecule has 7 nitrogen and oxygen atoms in total. The molecule has 0 radical (unpaired) electrons. The van der Waals surface area contributed by atoms with Gasteiger partial charge in [-0.25, -0.2) is 0 Å². The van der Waals surface area contributed by atoms with Crippen molar-refractivity contribution in [2.45, 2.75) is 19.6 Å². The Bertz CT molecular complexity index is 786. The van der Waals surface area contributed by atoms with Crippen molar-refractivity contribution in [3.8, 4) is 5.75 Å². The lowest BCUT2D eigenvalue weighted by atomic mass is 10.1. The molecule has 7 heteroatoms. The zero-order valence-electron chi connectivity index (χ0n) is 14.8. The Morgan fingerprint density at radius 2 is 1.63 bits per heavy atom. The van der Waals surface area contributed by atoms with E-state index in [0.717, 1.165) is 0 Å². The highest BCUT2D eigenvalue weighted by atomic mass is 16.7. The van der Waals surface area contributed by atoms with Crippen LogP contribution in [0.25, 0.3) is 0 Å². The molecule has 1 N–H and O–H groups in total. The number of hydrogen-bond acceptors (Lipinski definition) is 6. The van der Waals surface area contributed by atoms with Gasteiger partial charge in [0.25, 0.3) is 6.29 Å². The molecular formula is C20H20O7. The Kier molecular flexibility index (Phi) is 7.51. The van der Waals surface area contributed by atoms with Gasteiger partial charge in [-0.15, -0.1) is 0 Å². The number of ether oxygens (including phenoxy) is 3. The molecule has 1 atom stereocenters. The maximum Gasteiger partial charge on any atom is 0.307 e. The maximum absolute atomic E-state index is 12.7. The van der Waals surface area contributed by atoms with Gasteiger partial charge in [-0.05, 0) is 6.07 Å². The van der Waals surface area contributed by atoms with Crippen LogP contribution in [-0.2, 0) is 25.5 Å². The van der Waals surface area contributed by atoms with E-state index in [-0.39, 0.29) is 25.4 Å². The highest BCUT2D eigenvalue weighted by molar-refractivity contribution is 5.98. The second-order valence-corrected chi connectivity index (χ2v) is 5.57. The molecule has 0 spiro atoms. The number of carboxylic acids is 1. The van der Waals surface area contributed by atoms with Crippen LogP contribution >= 0.6 is 0 Å². The van der Waals surface area contributed by atoms with Gasteiger partial charge in [0.1, 0.15) is 12.4 Å². The van der Waals surface area contributed by atoms with Crippen LogP contribution in [0.2, 0.25) is 0 Å². The van der Waals surface area contributed by atoms with Crippen LogP contribution in [0, 0.1) is 0 Å². The van der Waals surface area contributed by atoms with E-state index in [4.69, 9.17) is 19.3 Å². The Morgan fingerprint density at radius 3 is 2.30 bits per heavy atom. The third-order valence-corrected chi connectivity index (χ3v) is 3.48. The lowest BCUT2D eigenvalue weighted by Crippen LogP contribution is -2.32. The third kappa shape index (κ3) is 6.56. The maximum atomic E-state index is 12.7. The number of esters is 1. The minimum Gasteiger partial charge on any atom is -0.481 e. The van der Waals surface area contributed by atoms with Gasteiger partial charge in [-0.1, -0.05) is 48.5 Å². The van der Waals surface area contributed by atoms with Gasteiger partial charge in [0, 0.05) is 18.1 Å². The minimum atomic E-state index is -1.31. The van der Waals surface area contributed by atoms with E-state index in [2.05, 4.69) is 0 Å². The monoisotopic (exact) mass is 372 g/mol. The molecule has 1 unspecified atom stereocenters. The van der Waals surface area contributed by atoms with Crippen molar-refractivity contribution in [1.82, 2.24) is 0 Å². The fraction of sp³-hybridized carbons (Fsp3) is 0.250. The Hall–Kier alpha value is -3.19. The molecule has 2 aromatic carbocycles. The van der Waals surface area contributed by atoms with Gasteiger partial charge >= 0.3 is 11.9 Å². The van der Waals surface area contributed by atoms with E-state index in [1.54, 1.807) is 54.6 Å². The van der Waals surface area contributed by atoms with Crippen molar-refractivity contribution in [3.63, 3.8) is 0 Å². The number of rotatable bonds is 10. The summed E-state index contributed by atoms with van der Waals surface area (Å²) in [6.07, 6.45) is -1.56. The number of carbonyl (C=O) groups excluding carboxylic acids is 2. The summed E-state index contributed by atoms with van der Waals surface area (Å²) >= 11 is 0. The van der Waals surface area contributed by atoms with Gasteiger partial charge in [-0.2, -0.15) is 0 Å². The number of carbonyl (C=O) groups is 3. The van der Waals surface area contributed by atoms with E-state index < -0.39 is 24.0 Å². The van der Waals surface area contributed by atoms with Gasteiger partial charge in [0.05, 0.1) is 13.0 Å². The van der Waals surface area contributed by atoms with Crippen molar-refractivity contribution in [1.29, 1.82) is 0 Å². The first-order valence-corrected chi connectivity index (χ1v) is 8.28. The molecule has 2 aromatic rings. The second kappa shape index (κ2) is 10.1. The van der Waals surface area contributed by atoms with Crippen LogP contribution in [0.4, 0.5) is 0 Å². The number of aliphatic carboxylic acids is 1. The zero-order valence-corrected chi connectivity index (χ0v) is 14.8. The normalized spacial score (nSPS) is 11.4. The van der Waals surface area contributed by atoms with Crippen LogP contribution < -0.4 is 4.74 Å². The van der Waals surface area contributed by atoms with E-state index in [1.807, 2.05) is 0 Å². The number of ketones is 1. The molecular weight excluding hydrogens is 352 g/mol. The molecule has 0 heterocycles. The number of hydrogen-bond donors (Lipinski definition) is 1. The lowest BCUT2D eigenvalue weighted by Gasteiger charge is -2.20. The number of Topliss-reactive ketones (excluding diaryl/α,β-unsaturated/α-hetero) is 1. The second-order valence-electron chi connectivity index (χ2n) is 5.57. The van der Waals surface area contributed by atoms with Crippen molar-refractivity contribution < 1.29 is 33.7 Å². The van der Waals surface area contributed by atoms with Crippen molar-refractivity contribution >= 4 is 17.7 Å². The number of benzene rings is 2. The average molecular weight is 372 g/mol. The summed E-state index contributed by atoms with van der Waals surface area (Å²) in [4.78, 5) is 34.6. The first-order chi connectivity index (χ1) is 13.0. The molecule has 0 fully saturated rings. The standard InChI is InChI=1S/C20H20O7/c1-14(21)25-11-12-26-20(19(24)15-7-3-2-4-8-15)27-17-10-6-5-9-16(17)13-18(22)23/h2-10,20H,11-13H2,1H3,(H,22,23). The molecule has 0 aliphatic heterocycles. The van der Waals surface area contributed by atoms with E-state index in [0.29, 0.717) is 11.1 Å². The number of carboxylic acid groups (broad SMARTS) is 1. The highest BCUT2D eigenvalue weighted by Crippen LogP contribution is 2.21. The van der Waals surface area contributed by atoms with Crippen molar-refractivity contribution in [3.05, 3.63) is 65.7 Å².